The Morgan fingerprint density at radius 2 is 1.44 bits per heavy atom. The van der Waals surface area contributed by atoms with E-state index in [0.717, 1.165) is 31.2 Å². The van der Waals surface area contributed by atoms with Crippen LogP contribution in [0.1, 0.15) is 43.4 Å². The third-order valence-electron chi connectivity index (χ3n) is 7.03. The fourth-order valence-corrected chi connectivity index (χ4v) is 5.23. The Morgan fingerprint density at radius 3 is 1.97 bits per heavy atom. The molecule has 0 N–H and O–H groups in total. The van der Waals surface area contributed by atoms with Crippen molar-refractivity contribution in [1.29, 1.82) is 0 Å². The van der Waals surface area contributed by atoms with E-state index in [4.69, 9.17) is 14.2 Å². The van der Waals surface area contributed by atoms with Crippen LogP contribution in [0.2, 0.25) is 0 Å². The number of carbonyl (C=O) groups is 1. The molecule has 1 amide bonds. The standard InChI is InChI=1S/C29H33NO4/c1-5-29(18-12-15-21-13-8-6-9-14-21)27(22-16-10-7-11-17-22)30(28(29)31)26-24(33-3)19-23(32-2)20-25(26)34-4/h6-11,13-14,16-17,19-20,27H,5,12,15,18H2,1-4H3/t27-,29-/m0/s1. The lowest BCUT2D eigenvalue weighted by atomic mass is 9.63. The monoisotopic (exact) mass is 459 g/mol. The summed E-state index contributed by atoms with van der Waals surface area (Å²) in [5.41, 5.74) is 2.58. The number of anilines is 1. The van der Waals surface area contributed by atoms with Crippen LogP contribution in [0.15, 0.2) is 72.8 Å². The van der Waals surface area contributed by atoms with Crippen molar-refractivity contribution in [2.75, 3.05) is 26.2 Å². The smallest absolute Gasteiger partial charge is 0.236 e. The zero-order valence-electron chi connectivity index (χ0n) is 20.4. The molecule has 0 spiro atoms. The van der Waals surface area contributed by atoms with Crippen LogP contribution in [0, 0.1) is 5.41 Å². The molecule has 34 heavy (non-hydrogen) atoms. The molecule has 0 aliphatic carbocycles. The third-order valence-corrected chi connectivity index (χ3v) is 7.03. The highest BCUT2D eigenvalue weighted by atomic mass is 16.5. The quantitative estimate of drug-likeness (QED) is 0.338. The van der Waals surface area contributed by atoms with Gasteiger partial charge in [-0.2, -0.15) is 0 Å². The maximum atomic E-state index is 14.0. The van der Waals surface area contributed by atoms with Crippen molar-refractivity contribution >= 4 is 11.6 Å². The molecule has 3 aromatic carbocycles. The molecule has 1 aliphatic heterocycles. The molecule has 2 atom stereocenters. The number of aryl methyl sites for hydroxylation is 1. The molecule has 0 saturated carbocycles. The number of rotatable bonds is 10. The zero-order valence-corrected chi connectivity index (χ0v) is 20.4. The van der Waals surface area contributed by atoms with E-state index >= 15 is 0 Å². The molecule has 0 bridgehead atoms. The summed E-state index contributed by atoms with van der Waals surface area (Å²) in [7, 11) is 4.81. The van der Waals surface area contributed by atoms with E-state index in [9.17, 15) is 4.79 Å². The highest BCUT2D eigenvalue weighted by molar-refractivity contribution is 6.08. The van der Waals surface area contributed by atoms with E-state index in [1.165, 1.54) is 5.56 Å². The Hall–Kier alpha value is -3.47. The molecule has 1 saturated heterocycles. The average molecular weight is 460 g/mol. The molecular weight excluding hydrogens is 426 g/mol. The van der Waals surface area contributed by atoms with Crippen LogP contribution in [-0.4, -0.2) is 27.2 Å². The molecule has 3 aromatic rings. The lowest BCUT2D eigenvalue weighted by Crippen LogP contribution is -2.63. The molecule has 4 rings (SSSR count). The van der Waals surface area contributed by atoms with E-state index in [-0.39, 0.29) is 11.9 Å². The van der Waals surface area contributed by atoms with Crippen LogP contribution in [0.5, 0.6) is 17.2 Å². The van der Waals surface area contributed by atoms with Gasteiger partial charge in [-0.05, 0) is 36.8 Å². The molecule has 1 aliphatic rings. The number of nitrogens with zero attached hydrogens (tertiary/aromatic N) is 1. The van der Waals surface area contributed by atoms with Crippen molar-refractivity contribution in [3.63, 3.8) is 0 Å². The van der Waals surface area contributed by atoms with E-state index in [2.05, 4.69) is 43.3 Å². The highest BCUT2D eigenvalue weighted by Gasteiger charge is 2.61. The summed E-state index contributed by atoms with van der Waals surface area (Å²) in [6.07, 6.45) is 3.47. The molecule has 0 aromatic heterocycles. The fraction of sp³-hybridized carbons (Fsp3) is 0.345. The van der Waals surface area contributed by atoms with E-state index in [1.54, 1.807) is 33.5 Å². The minimum absolute atomic E-state index is 0.110. The summed E-state index contributed by atoms with van der Waals surface area (Å²) in [4.78, 5) is 15.9. The van der Waals surface area contributed by atoms with Gasteiger partial charge in [-0.15, -0.1) is 0 Å². The van der Waals surface area contributed by atoms with E-state index in [0.29, 0.717) is 22.9 Å². The number of hydrogen-bond acceptors (Lipinski definition) is 4. The number of ether oxygens (including phenoxy) is 3. The second-order valence-corrected chi connectivity index (χ2v) is 8.72. The second-order valence-electron chi connectivity index (χ2n) is 8.72. The Morgan fingerprint density at radius 1 is 0.853 bits per heavy atom. The Bertz CT molecular complexity index is 1090. The van der Waals surface area contributed by atoms with Gasteiger partial charge in [-0.25, -0.2) is 0 Å². The van der Waals surface area contributed by atoms with Gasteiger partial charge in [0.2, 0.25) is 5.91 Å². The summed E-state index contributed by atoms with van der Waals surface area (Å²) in [6, 6.07) is 24.2. The van der Waals surface area contributed by atoms with Crippen molar-refractivity contribution < 1.29 is 19.0 Å². The van der Waals surface area contributed by atoms with Crippen LogP contribution in [0.3, 0.4) is 0 Å². The van der Waals surface area contributed by atoms with Crippen LogP contribution in [0.25, 0.3) is 0 Å². The molecule has 1 heterocycles. The van der Waals surface area contributed by atoms with E-state index in [1.807, 2.05) is 29.2 Å². The van der Waals surface area contributed by atoms with E-state index < -0.39 is 5.41 Å². The Balaban J connectivity index is 1.74. The van der Waals surface area contributed by atoms with Crippen LogP contribution < -0.4 is 19.1 Å². The van der Waals surface area contributed by atoms with Crippen LogP contribution in [0.4, 0.5) is 5.69 Å². The molecule has 0 unspecified atom stereocenters. The van der Waals surface area contributed by atoms with Crippen molar-refractivity contribution in [2.24, 2.45) is 5.41 Å². The van der Waals surface area contributed by atoms with Gasteiger partial charge in [0, 0.05) is 12.1 Å². The number of benzene rings is 3. The van der Waals surface area contributed by atoms with Gasteiger partial charge in [0.05, 0.1) is 32.8 Å². The first kappa shape index (κ1) is 23.7. The molecule has 5 heteroatoms. The van der Waals surface area contributed by atoms with Crippen LogP contribution >= 0.6 is 0 Å². The average Bonchev–Trinajstić information content (AvgIpc) is 2.90. The van der Waals surface area contributed by atoms with Crippen molar-refractivity contribution in [3.8, 4) is 17.2 Å². The maximum absolute atomic E-state index is 14.0. The van der Waals surface area contributed by atoms with Gasteiger partial charge in [0.1, 0.15) is 22.9 Å². The first-order chi connectivity index (χ1) is 16.6. The highest BCUT2D eigenvalue weighted by Crippen LogP contribution is 2.60. The molecule has 178 valence electrons. The maximum Gasteiger partial charge on any atom is 0.236 e. The topological polar surface area (TPSA) is 48.0 Å². The van der Waals surface area contributed by atoms with Crippen molar-refractivity contribution in [1.82, 2.24) is 0 Å². The van der Waals surface area contributed by atoms with Gasteiger partial charge in [0.15, 0.2) is 0 Å². The predicted molar refractivity (Wildman–Crippen MR) is 135 cm³/mol. The minimum Gasteiger partial charge on any atom is -0.496 e. The lowest BCUT2D eigenvalue weighted by molar-refractivity contribution is -0.141. The largest absolute Gasteiger partial charge is 0.496 e. The molecule has 1 fully saturated rings. The normalized spacial score (nSPS) is 19.5. The number of carbonyl (C=O) groups excluding carboxylic acids is 1. The Kier molecular flexibility index (Phi) is 7.11. The Labute approximate surface area is 202 Å². The predicted octanol–water partition coefficient (Wildman–Crippen LogP) is 6.22. The lowest BCUT2D eigenvalue weighted by Gasteiger charge is -2.56. The van der Waals surface area contributed by atoms with Gasteiger partial charge >= 0.3 is 0 Å². The number of β-lactam (4-membered cyclic amide) rings is 1. The number of amides is 1. The number of hydrogen-bond donors (Lipinski definition) is 0. The molecule has 0 radical (unpaired) electrons. The second kappa shape index (κ2) is 10.2. The van der Waals surface area contributed by atoms with Crippen molar-refractivity contribution in [2.45, 2.75) is 38.6 Å². The zero-order chi connectivity index (χ0) is 24.1. The van der Waals surface area contributed by atoms with Gasteiger partial charge in [-0.1, -0.05) is 67.6 Å². The van der Waals surface area contributed by atoms with Crippen molar-refractivity contribution in [3.05, 3.63) is 83.9 Å². The molecule has 5 nitrogen and oxygen atoms in total. The summed E-state index contributed by atoms with van der Waals surface area (Å²) < 4.78 is 16.8. The van der Waals surface area contributed by atoms with Gasteiger partial charge < -0.3 is 14.2 Å². The van der Waals surface area contributed by atoms with Gasteiger partial charge in [-0.3, -0.25) is 9.69 Å². The molecular formula is C29H33NO4. The third kappa shape index (κ3) is 4.11. The van der Waals surface area contributed by atoms with Crippen LogP contribution in [-0.2, 0) is 11.2 Å². The summed E-state index contributed by atoms with van der Waals surface area (Å²) in [5.74, 6) is 1.84. The van der Waals surface area contributed by atoms with Gasteiger partial charge in [0.25, 0.3) is 0 Å². The summed E-state index contributed by atoms with van der Waals surface area (Å²) in [6.45, 7) is 2.12. The summed E-state index contributed by atoms with van der Waals surface area (Å²) >= 11 is 0. The first-order valence-electron chi connectivity index (χ1n) is 11.8. The SMILES string of the molecule is CC[C@@]1(CCCc2ccccc2)C(=O)N(c2c(OC)cc(OC)cc2OC)[C@H]1c1ccccc1. The first-order valence-corrected chi connectivity index (χ1v) is 11.8. The summed E-state index contributed by atoms with van der Waals surface area (Å²) in [5, 5.41) is 0. The fourth-order valence-electron chi connectivity index (χ4n) is 5.23. The minimum atomic E-state index is -0.480. The number of methoxy groups -OCH3 is 3.